The molecule has 3 aromatic rings. The normalized spacial score (nSPS) is 15.9. The van der Waals surface area contributed by atoms with Crippen LogP contribution >= 0.6 is 11.3 Å². The maximum atomic E-state index is 13.3. The lowest BCUT2D eigenvalue weighted by molar-refractivity contribution is -0.274. The van der Waals surface area contributed by atoms with E-state index in [0.29, 0.717) is 39.1 Å². The molecule has 1 fully saturated rings. The number of carbonyl (C=O) groups excluding carboxylic acids is 1. The minimum absolute atomic E-state index is 0.181. The molecule has 0 radical (unpaired) electrons. The third kappa shape index (κ3) is 5.62. The molecular formula is C22H22F3N3O5S. The van der Waals surface area contributed by atoms with Crippen molar-refractivity contribution in [2.75, 3.05) is 37.6 Å². The Morgan fingerprint density at radius 3 is 2.68 bits per heavy atom. The van der Waals surface area contributed by atoms with E-state index < -0.39 is 12.4 Å². The molecule has 1 saturated heterocycles. The van der Waals surface area contributed by atoms with Crippen LogP contribution in [0.1, 0.15) is 12.8 Å². The number of aromatic nitrogens is 1. The van der Waals surface area contributed by atoms with Gasteiger partial charge in [-0.1, -0.05) is 11.3 Å². The number of methoxy groups -OCH3 is 2. The largest absolute Gasteiger partial charge is 0.573 e. The van der Waals surface area contributed by atoms with Crippen LogP contribution in [-0.2, 0) is 4.74 Å². The lowest BCUT2D eigenvalue weighted by atomic mass is 10.2. The van der Waals surface area contributed by atoms with Crippen LogP contribution in [0.5, 0.6) is 17.2 Å². The lowest BCUT2D eigenvalue weighted by Crippen LogP contribution is -2.40. The molecule has 2 amide bonds. The molecule has 0 spiro atoms. The average molecular weight is 497 g/mol. The fourth-order valence-electron chi connectivity index (χ4n) is 3.53. The number of nitrogens with one attached hydrogen (secondary N) is 1. The second-order valence-electron chi connectivity index (χ2n) is 7.42. The van der Waals surface area contributed by atoms with Crippen molar-refractivity contribution < 1.29 is 36.9 Å². The Morgan fingerprint density at radius 1 is 1.21 bits per heavy atom. The molecule has 4 rings (SSSR count). The Labute approximate surface area is 197 Å². The Balaban J connectivity index is 1.63. The summed E-state index contributed by atoms with van der Waals surface area (Å²) in [5.74, 6) is 0.616. The Kier molecular flexibility index (Phi) is 6.98. The zero-order valence-electron chi connectivity index (χ0n) is 18.3. The first-order valence-corrected chi connectivity index (χ1v) is 11.2. The predicted octanol–water partition coefficient (Wildman–Crippen LogP) is 5.43. The molecule has 2 heterocycles. The maximum Gasteiger partial charge on any atom is 0.573 e. The molecule has 1 N–H and O–H groups in total. The number of ether oxygens (including phenoxy) is 4. The molecule has 2 aromatic carbocycles. The highest BCUT2D eigenvalue weighted by Gasteiger charge is 2.31. The SMILES string of the molecule is COc1ccc(NC(=O)N(CC2CCCO2)c2nc3ccc(OC(F)(F)F)cc3s2)c(OC)c1. The van der Waals surface area contributed by atoms with Crippen LogP contribution in [0.3, 0.4) is 0 Å². The quantitative estimate of drug-likeness (QED) is 0.469. The third-order valence-electron chi connectivity index (χ3n) is 5.12. The van der Waals surface area contributed by atoms with Crippen molar-refractivity contribution in [1.82, 2.24) is 4.98 Å². The second-order valence-corrected chi connectivity index (χ2v) is 8.42. The van der Waals surface area contributed by atoms with Crippen LogP contribution in [0, 0.1) is 0 Å². The summed E-state index contributed by atoms with van der Waals surface area (Å²) >= 11 is 1.08. The molecule has 1 aromatic heterocycles. The van der Waals surface area contributed by atoms with Crippen molar-refractivity contribution in [3.05, 3.63) is 36.4 Å². The topological polar surface area (TPSA) is 82.2 Å². The fourth-order valence-corrected chi connectivity index (χ4v) is 4.53. The fraction of sp³-hybridized carbons (Fsp3) is 0.364. The van der Waals surface area contributed by atoms with Gasteiger partial charge in [-0.15, -0.1) is 13.2 Å². The first kappa shape index (κ1) is 23.9. The molecule has 1 atom stereocenters. The lowest BCUT2D eigenvalue weighted by Gasteiger charge is -2.24. The standard InChI is InChI=1S/C22H22F3N3O5S/c1-30-13-5-7-16(18(10-13)31-2)26-20(29)28(12-15-4-3-9-32-15)21-27-17-8-6-14(11-19(17)34-21)33-22(23,24)25/h5-8,10-11,15H,3-4,9,12H2,1-2H3,(H,26,29). The molecule has 0 bridgehead atoms. The second kappa shape index (κ2) is 9.94. The highest BCUT2D eigenvalue weighted by Crippen LogP contribution is 2.35. The van der Waals surface area contributed by atoms with Gasteiger partial charge < -0.3 is 24.3 Å². The molecule has 0 saturated carbocycles. The van der Waals surface area contributed by atoms with Crippen LogP contribution in [0.4, 0.5) is 28.8 Å². The molecule has 1 aliphatic rings. The van der Waals surface area contributed by atoms with Gasteiger partial charge in [0.15, 0.2) is 5.13 Å². The van der Waals surface area contributed by atoms with E-state index in [1.807, 2.05) is 0 Å². The van der Waals surface area contributed by atoms with E-state index in [1.54, 1.807) is 18.2 Å². The summed E-state index contributed by atoms with van der Waals surface area (Å²) in [5, 5.41) is 3.14. The smallest absolute Gasteiger partial charge is 0.497 e. The van der Waals surface area contributed by atoms with Gasteiger partial charge in [-0.05, 0) is 37.1 Å². The zero-order chi connectivity index (χ0) is 24.3. The Bertz CT molecular complexity index is 1160. The molecule has 34 heavy (non-hydrogen) atoms. The summed E-state index contributed by atoms with van der Waals surface area (Å²) in [6.45, 7) is 0.834. The number of benzene rings is 2. The van der Waals surface area contributed by atoms with E-state index in [9.17, 15) is 18.0 Å². The third-order valence-corrected chi connectivity index (χ3v) is 6.16. The van der Waals surface area contributed by atoms with Crippen molar-refractivity contribution in [3.63, 3.8) is 0 Å². The van der Waals surface area contributed by atoms with E-state index in [0.717, 1.165) is 24.2 Å². The van der Waals surface area contributed by atoms with Crippen LogP contribution in [-0.4, -0.2) is 50.9 Å². The summed E-state index contributed by atoms with van der Waals surface area (Å²) < 4.78 is 58.5. The number of halogens is 3. The van der Waals surface area contributed by atoms with Crippen molar-refractivity contribution in [1.29, 1.82) is 0 Å². The number of anilines is 2. The maximum absolute atomic E-state index is 13.3. The van der Waals surface area contributed by atoms with Gasteiger partial charge in [-0.3, -0.25) is 4.90 Å². The predicted molar refractivity (Wildman–Crippen MR) is 121 cm³/mol. The monoisotopic (exact) mass is 497 g/mol. The van der Waals surface area contributed by atoms with Gasteiger partial charge in [0.05, 0.1) is 42.8 Å². The number of amides is 2. The van der Waals surface area contributed by atoms with Gasteiger partial charge in [0.1, 0.15) is 17.2 Å². The number of hydrogen-bond acceptors (Lipinski definition) is 7. The van der Waals surface area contributed by atoms with Crippen molar-refractivity contribution in [2.45, 2.75) is 25.3 Å². The van der Waals surface area contributed by atoms with Gasteiger partial charge in [0, 0.05) is 18.7 Å². The van der Waals surface area contributed by atoms with E-state index in [-0.39, 0.29) is 18.4 Å². The number of thiazole rings is 1. The summed E-state index contributed by atoms with van der Waals surface area (Å²) in [6.07, 6.45) is -3.32. The molecule has 182 valence electrons. The van der Waals surface area contributed by atoms with Crippen molar-refractivity contribution in [2.24, 2.45) is 0 Å². The summed E-state index contributed by atoms with van der Waals surface area (Å²) in [6, 6.07) is 8.35. The number of rotatable bonds is 7. The molecule has 12 heteroatoms. The number of hydrogen-bond donors (Lipinski definition) is 1. The van der Waals surface area contributed by atoms with E-state index in [2.05, 4.69) is 15.0 Å². The van der Waals surface area contributed by atoms with E-state index in [4.69, 9.17) is 14.2 Å². The van der Waals surface area contributed by atoms with E-state index in [1.165, 1.54) is 37.3 Å². The van der Waals surface area contributed by atoms with Crippen molar-refractivity contribution in [3.8, 4) is 17.2 Å². The zero-order valence-corrected chi connectivity index (χ0v) is 19.2. The summed E-state index contributed by atoms with van der Waals surface area (Å²) in [7, 11) is 3.00. The molecule has 1 unspecified atom stereocenters. The summed E-state index contributed by atoms with van der Waals surface area (Å²) in [5.41, 5.74) is 0.870. The van der Waals surface area contributed by atoms with Crippen LogP contribution < -0.4 is 24.4 Å². The molecule has 0 aliphatic carbocycles. The van der Waals surface area contributed by atoms with Gasteiger partial charge in [0.2, 0.25) is 0 Å². The number of alkyl halides is 3. The minimum atomic E-state index is -4.80. The Morgan fingerprint density at radius 2 is 2.00 bits per heavy atom. The van der Waals surface area contributed by atoms with Gasteiger partial charge in [-0.2, -0.15) is 0 Å². The number of nitrogens with zero attached hydrogens (tertiary/aromatic N) is 2. The van der Waals surface area contributed by atoms with E-state index >= 15 is 0 Å². The van der Waals surface area contributed by atoms with Gasteiger partial charge in [0.25, 0.3) is 0 Å². The van der Waals surface area contributed by atoms with Crippen molar-refractivity contribution >= 4 is 38.4 Å². The highest BCUT2D eigenvalue weighted by atomic mass is 32.1. The average Bonchev–Trinajstić information content (AvgIpc) is 3.45. The first-order valence-electron chi connectivity index (χ1n) is 10.3. The first-order chi connectivity index (χ1) is 16.3. The van der Waals surface area contributed by atoms with Gasteiger partial charge in [-0.25, -0.2) is 9.78 Å². The van der Waals surface area contributed by atoms with Crippen LogP contribution in [0.15, 0.2) is 36.4 Å². The molecule has 8 nitrogen and oxygen atoms in total. The number of urea groups is 1. The Hall–Kier alpha value is -3.25. The minimum Gasteiger partial charge on any atom is -0.497 e. The van der Waals surface area contributed by atoms with Crippen LogP contribution in [0.2, 0.25) is 0 Å². The molecule has 1 aliphatic heterocycles. The number of fused-ring (bicyclic) bond motifs is 1. The molecular weight excluding hydrogens is 475 g/mol. The highest BCUT2D eigenvalue weighted by molar-refractivity contribution is 7.22. The number of carbonyl (C=O) groups is 1. The summed E-state index contributed by atoms with van der Waals surface area (Å²) in [4.78, 5) is 19.2. The van der Waals surface area contributed by atoms with Crippen LogP contribution in [0.25, 0.3) is 10.2 Å². The van der Waals surface area contributed by atoms with Gasteiger partial charge >= 0.3 is 12.4 Å².